The van der Waals surface area contributed by atoms with E-state index in [0.717, 1.165) is 0 Å². The van der Waals surface area contributed by atoms with Gasteiger partial charge in [0.05, 0.1) is 0 Å². The second kappa shape index (κ2) is 4.30. The highest BCUT2D eigenvalue weighted by atomic mass is 28.4. The van der Waals surface area contributed by atoms with Gasteiger partial charge in [0.1, 0.15) is 0 Å². The summed E-state index contributed by atoms with van der Waals surface area (Å²) in [4.78, 5) is 11.4. The van der Waals surface area contributed by atoms with Crippen LogP contribution in [0.15, 0.2) is 12.2 Å². The normalized spacial score (nSPS) is 18.2. The third-order valence-electron chi connectivity index (χ3n) is 3.04. The smallest absolute Gasteiger partial charge is 0.319 e. The number of hydrogen-bond acceptors (Lipinski definition) is 2. The predicted octanol–water partition coefficient (Wildman–Crippen LogP) is 3.26. The van der Waals surface area contributed by atoms with E-state index in [1.165, 1.54) is 25.7 Å². The lowest BCUT2D eigenvalue weighted by Crippen LogP contribution is -2.38. The molecule has 0 aliphatic heterocycles. The Morgan fingerprint density at radius 1 is 1.36 bits per heavy atom. The number of carbonyl (C=O) groups excluding carboxylic acids is 1. The first-order valence-electron chi connectivity index (χ1n) is 5.32. The van der Waals surface area contributed by atoms with E-state index in [0.29, 0.717) is 11.1 Å². The molecule has 1 saturated carbocycles. The third kappa shape index (κ3) is 2.71. The lowest BCUT2D eigenvalue weighted by atomic mass is 10.4. The van der Waals surface area contributed by atoms with Crippen molar-refractivity contribution in [3.8, 4) is 0 Å². The summed E-state index contributed by atoms with van der Waals surface area (Å²) in [6.07, 6.45) is 5.07. The fourth-order valence-electron chi connectivity index (χ4n) is 2.03. The van der Waals surface area contributed by atoms with E-state index in [9.17, 15) is 4.79 Å². The van der Waals surface area contributed by atoms with Crippen LogP contribution in [0.2, 0.25) is 18.6 Å². The molecule has 0 unspecified atom stereocenters. The fourth-order valence-corrected chi connectivity index (χ4v) is 4.65. The van der Waals surface area contributed by atoms with Crippen molar-refractivity contribution < 1.29 is 9.22 Å². The van der Waals surface area contributed by atoms with Gasteiger partial charge in [-0.1, -0.05) is 19.4 Å². The van der Waals surface area contributed by atoms with Gasteiger partial charge in [-0.2, -0.15) is 0 Å². The Kier molecular flexibility index (Phi) is 3.53. The summed E-state index contributed by atoms with van der Waals surface area (Å²) in [6.45, 7) is 9.61. The van der Waals surface area contributed by atoms with Crippen molar-refractivity contribution in [1.82, 2.24) is 0 Å². The first-order valence-corrected chi connectivity index (χ1v) is 8.31. The Balaban J connectivity index is 2.56. The second-order valence-electron chi connectivity index (χ2n) is 4.75. The van der Waals surface area contributed by atoms with Gasteiger partial charge in [0.2, 0.25) is 0 Å². The van der Waals surface area contributed by atoms with Gasteiger partial charge in [0, 0.05) is 5.57 Å². The minimum Gasteiger partial charge on any atom is -0.516 e. The van der Waals surface area contributed by atoms with Crippen LogP contribution in [-0.2, 0) is 9.22 Å². The van der Waals surface area contributed by atoms with Gasteiger partial charge in [0.15, 0.2) is 0 Å². The van der Waals surface area contributed by atoms with Crippen molar-refractivity contribution in [3.63, 3.8) is 0 Å². The molecule has 0 saturated heterocycles. The van der Waals surface area contributed by atoms with Crippen LogP contribution in [-0.4, -0.2) is 14.3 Å². The summed E-state index contributed by atoms with van der Waals surface area (Å²) in [5.74, 6) is -0.200. The second-order valence-corrected chi connectivity index (χ2v) is 8.98. The molecule has 0 aromatic rings. The number of hydrogen-bond donors (Lipinski definition) is 0. The van der Waals surface area contributed by atoms with E-state index >= 15 is 0 Å². The van der Waals surface area contributed by atoms with E-state index in [1.54, 1.807) is 6.92 Å². The molecule has 0 aromatic carbocycles. The highest BCUT2D eigenvalue weighted by Crippen LogP contribution is 2.39. The maximum absolute atomic E-state index is 11.4. The number of rotatable bonds is 3. The first kappa shape index (κ1) is 11.5. The average Bonchev–Trinajstić information content (AvgIpc) is 2.54. The Bertz CT molecular complexity index is 240. The van der Waals surface area contributed by atoms with Crippen LogP contribution in [0.5, 0.6) is 0 Å². The SMILES string of the molecule is C=C(C)C(=O)O[Si](C)(C)C1CCCC1. The molecule has 1 aliphatic carbocycles. The molecule has 0 amide bonds. The van der Waals surface area contributed by atoms with Crippen LogP contribution in [0.25, 0.3) is 0 Å². The molecule has 80 valence electrons. The monoisotopic (exact) mass is 212 g/mol. The molecule has 0 bridgehead atoms. The molecule has 2 nitrogen and oxygen atoms in total. The molecule has 0 heterocycles. The molecule has 0 spiro atoms. The third-order valence-corrected chi connectivity index (χ3v) is 6.30. The summed E-state index contributed by atoms with van der Waals surface area (Å²) in [6, 6.07) is 0. The summed E-state index contributed by atoms with van der Waals surface area (Å²) >= 11 is 0. The van der Waals surface area contributed by atoms with Gasteiger partial charge in [-0.05, 0) is 38.4 Å². The molecule has 0 N–H and O–H groups in total. The first-order chi connectivity index (χ1) is 6.43. The van der Waals surface area contributed by atoms with Crippen molar-refractivity contribution in [3.05, 3.63) is 12.2 Å². The summed E-state index contributed by atoms with van der Waals surface area (Å²) in [5, 5.41) is 0. The van der Waals surface area contributed by atoms with Crippen molar-refractivity contribution in [1.29, 1.82) is 0 Å². The molecule has 0 atom stereocenters. The molecule has 0 radical (unpaired) electrons. The summed E-state index contributed by atoms with van der Waals surface area (Å²) < 4.78 is 5.58. The molecular formula is C11H20O2Si. The van der Waals surface area contributed by atoms with E-state index in [2.05, 4.69) is 19.7 Å². The lowest BCUT2D eigenvalue weighted by molar-refractivity contribution is -0.130. The minimum atomic E-state index is -1.81. The van der Waals surface area contributed by atoms with Crippen molar-refractivity contribution >= 4 is 14.3 Å². The molecule has 1 aliphatic rings. The quantitative estimate of drug-likeness (QED) is 0.530. The summed E-state index contributed by atoms with van der Waals surface area (Å²) in [7, 11) is -1.81. The predicted molar refractivity (Wildman–Crippen MR) is 60.6 cm³/mol. The van der Waals surface area contributed by atoms with E-state index in [4.69, 9.17) is 4.43 Å². The molecule has 3 heteroatoms. The average molecular weight is 212 g/mol. The van der Waals surface area contributed by atoms with Crippen LogP contribution < -0.4 is 0 Å². The van der Waals surface area contributed by atoms with Gasteiger partial charge in [-0.25, -0.2) is 4.79 Å². The fraction of sp³-hybridized carbons (Fsp3) is 0.727. The number of carbonyl (C=O) groups is 1. The molecule has 1 fully saturated rings. The Labute approximate surface area is 87.5 Å². The van der Waals surface area contributed by atoms with Crippen LogP contribution in [0, 0.1) is 0 Å². The van der Waals surface area contributed by atoms with Gasteiger partial charge < -0.3 is 4.43 Å². The molecule has 0 aromatic heterocycles. The molecule has 14 heavy (non-hydrogen) atoms. The zero-order valence-corrected chi connectivity index (χ0v) is 10.4. The maximum atomic E-state index is 11.4. The topological polar surface area (TPSA) is 26.3 Å². The lowest BCUT2D eigenvalue weighted by Gasteiger charge is -2.28. The molecular weight excluding hydrogens is 192 g/mol. The zero-order valence-electron chi connectivity index (χ0n) is 9.43. The van der Waals surface area contributed by atoms with Crippen molar-refractivity contribution in [2.45, 2.75) is 51.2 Å². The van der Waals surface area contributed by atoms with Crippen LogP contribution in [0.1, 0.15) is 32.6 Å². The maximum Gasteiger partial charge on any atom is 0.319 e. The van der Waals surface area contributed by atoms with Gasteiger partial charge in [-0.15, -0.1) is 0 Å². The van der Waals surface area contributed by atoms with E-state index in [-0.39, 0.29) is 5.97 Å². The largest absolute Gasteiger partial charge is 0.516 e. The summed E-state index contributed by atoms with van der Waals surface area (Å²) in [5.41, 5.74) is 1.18. The minimum absolute atomic E-state index is 0.200. The highest BCUT2D eigenvalue weighted by molar-refractivity contribution is 6.74. The van der Waals surface area contributed by atoms with Gasteiger partial charge in [0.25, 0.3) is 8.32 Å². The van der Waals surface area contributed by atoms with Crippen LogP contribution in [0.3, 0.4) is 0 Å². The van der Waals surface area contributed by atoms with Gasteiger partial charge in [-0.3, -0.25) is 0 Å². The zero-order chi connectivity index (χ0) is 10.8. The van der Waals surface area contributed by atoms with E-state index in [1.807, 2.05) is 0 Å². The standard InChI is InChI=1S/C11H20O2Si/c1-9(2)11(12)13-14(3,4)10-7-5-6-8-10/h10H,1,5-8H2,2-4H3. The van der Waals surface area contributed by atoms with E-state index < -0.39 is 8.32 Å². The Hall–Kier alpha value is -0.573. The Morgan fingerprint density at radius 3 is 2.29 bits per heavy atom. The Morgan fingerprint density at radius 2 is 1.86 bits per heavy atom. The van der Waals surface area contributed by atoms with Gasteiger partial charge >= 0.3 is 5.97 Å². The highest BCUT2D eigenvalue weighted by Gasteiger charge is 2.38. The van der Waals surface area contributed by atoms with Crippen LogP contribution in [0.4, 0.5) is 0 Å². The van der Waals surface area contributed by atoms with Crippen molar-refractivity contribution in [2.75, 3.05) is 0 Å². The molecule has 1 rings (SSSR count). The van der Waals surface area contributed by atoms with Crippen LogP contribution >= 0.6 is 0 Å². The van der Waals surface area contributed by atoms with Crippen molar-refractivity contribution in [2.24, 2.45) is 0 Å².